The highest BCUT2D eigenvalue weighted by molar-refractivity contribution is 4.84. The van der Waals surface area contributed by atoms with Crippen molar-refractivity contribution in [3.05, 3.63) is 11.8 Å². The van der Waals surface area contributed by atoms with Crippen LogP contribution in [0.4, 0.5) is 0 Å². The summed E-state index contributed by atoms with van der Waals surface area (Å²) in [7, 11) is 0. The Morgan fingerprint density at radius 2 is 1.75 bits per heavy atom. The predicted molar refractivity (Wildman–Crippen MR) is 80.7 cm³/mol. The van der Waals surface area contributed by atoms with Gasteiger partial charge in [-0.05, 0) is 46.1 Å². The van der Waals surface area contributed by atoms with Crippen LogP contribution < -0.4 is 5.32 Å². The van der Waals surface area contributed by atoms with E-state index < -0.39 is 0 Å². The Balaban J connectivity index is 1.64. The fourth-order valence-electron chi connectivity index (χ4n) is 2.82. The van der Waals surface area contributed by atoms with Crippen LogP contribution in [-0.4, -0.2) is 22.3 Å². The van der Waals surface area contributed by atoms with Gasteiger partial charge in [0.1, 0.15) is 0 Å². The van der Waals surface area contributed by atoms with Crippen LogP contribution in [0.2, 0.25) is 0 Å². The molecule has 1 fully saturated rings. The van der Waals surface area contributed by atoms with E-state index in [-0.39, 0.29) is 5.54 Å². The number of hydrogen-bond donors (Lipinski definition) is 1. The number of nitrogens with zero attached hydrogens (tertiary/aromatic N) is 2. The molecule has 1 aliphatic carbocycles. The molecule has 1 aromatic heterocycles. The van der Waals surface area contributed by atoms with Crippen LogP contribution in [0, 0.1) is 5.92 Å². The average molecular weight is 279 g/mol. The molecule has 2 rings (SSSR count). The Bertz CT molecular complexity index is 389. The highest BCUT2D eigenvalue weighted by atomic mass is 16.4. The maximum Gasteiger partial charge on any atom is 0.216 e. The molecule has 0 aromatic carbocycles. The van der Waals surface area contributed by atoms with Crippen molar-refractivity contribution in [2.24, 2.45) is 5.92 Å². The molecule has 1 heterocycles. The molecular weight excluding hydrogens is 250 g/mol. The lowest BCUT2D eigenvalue weighted by Crippen LogP contribution is -2.36. The molecule has 1 aliphatic rings. The second-order valence-corrected chi connectivity index (χ2v) is 7.06. The molecule has 0 bridgehead atoms. The predicted octanol–water partition coefficient (Wildman–Crippen LogP) is 3.51. The summed E-state index contributed by atoms with van der Waals surface area (Å²) in [6.45, 7) is 7.53. The summed E-state index contributed by atoms with van der Waals surface area (Å²) in [5.74, 6) is 2.51. The van der Waals surface area contributed by atoms with Gasteiger partial charge in [-0.15, -0.1) is 10.2 Å². The summed E-state index contributed by atoms with van der Waals surface area (Å²) in [4.78, 5) is 0. The van der Waals surface area contributed by atoms with Crippen molar-refractivity contribution in [3.63, 3.8) is 0 Å². The molecule has 0 saturated heterocycles. The van der Waals surface area contributed by atoms with Gasteiger partial charge in [0.25, 0.3) is 0 Å². The van der Waals surface area contributed by atoms with Crippen LogP contribution in [-0.2, 0) is 12.8 Å². The summed E-state index contributed by atoms with van der Waals surface area (Å²) < 4.78 is 5.73. The van der Waals surface area contributed by atoms with Crippen LogP contribution in [0.1, 0.15) is 71.1 Å². The van der Waals surface area contributed by atoms with Crippen molar-refractivity contribution in [3.8, 4) is 0 Å². The Morgan fingerprint density at radius 3 is 2.40 bits per heavy atom. The molecule has 4 nitrogen and oxygen atoms in total. The fourth-order valence-corrected chi connectivity index (χ4v) is 2.82. The molecule has 0 amide bonds. The van der Waals surface area contributed by atoms with E-state index in [1.54, 1.807) is 0 Å². The molecule has 0 radical (unpaired) electrons. The molecule has 1 aromatic rings. The Morgan fingerprint density at radius 1 is 1.10 bits per heavy atom. The van der Waals surface area contributed by atoms with Gasteiger partial charge in [0, 0.05) is 18.4 Å². The number of rotatable bonds is 7. The highest BCUT2D eigenvalue weighted by Gasteiger charge is 2.16. The maximum absolute atomic E-state index is 5.73. The minimum Gasteiger partial charge on any atom is -0.425 e. The second kappa shape index (κ2) is 7.21. The maximum atomic E-state index is 5.73. The molecule has 0 aliphatic heterocycles. The van der Waals surface area contributed by atoms with Crippen LogP contribution in [0.15, 0.2) is 4.42 Å². The first-order chi connectivity index (χ1) is 9.53. The summed E-state index contributed by atoms with van der Waals surface area (Å²) in [6.07, 6.45) is 9.67. The van der Waals surface area contributed by atoms with E-state index in [0.717, 1.165) is 43.5 Å². The molecule has 0 spiro atoms. The zero-order chi connectivity index (χ0) is 14.4. The van der Waals surface area contributed by atoms with Gasteiger partial charge in [0.15, 0.2) is 0 Å². The summed E-state index contributed by atoms with van der Waals surface area (Å²) in [5.41, 5.74) is 0.182. The first-order valence-corrected chi connectivity index (χ1v) is 8.09. The quantitative estimate of drug-likeness (QED) is 0.776. The van der Waals surface area contributed by atoms with E-state index in [1.807, 2.05) is 0 Å². The molecule has 1 N–H and O–H groups in total. The van der Waals surface area contributed by atoms with Crippen LogP contribution in [0.5, 0.6) is 0 Å². The van der Waals surface area contributed by atoms with E-state index in [9.17, 15) is 0 Å². The number of aromatic nitrogens is 2. The van der Waals surface area contributed by atoms with Gasteiger partial charge in [0.2, 0.25) is 11.8 Å². The largest absolute Gasteiger partial charge is 0.425 e. The SMILES string of the molecule is CC(C)(C)NCCCc1nnc(CCC2CCCC2)o1. The van der Waals surface area contributed by atoms with Gasteiger partial charge in [-0.1, -0.05) is 25.7 Å². The van der Waals surface area contributed by atoms with Crippen LogP contribution >= 0.6 is 0 Å². The topological polar surface area (TPSA) is 51.0 Å². The Hall–Kier alpha value is -0.900. The third kappa shape index (κ3) is 5.61. The van der Waals surface area contributed by atoms with Crippen molar-refractivity contribution in [1.29, 1.82) is 0 Å². The summed E-state index contributed by atoms with van der Waals surface area (Å²) in [6, 6.07) is 0. The molecule has 0 unspecified atom stereocenters. The van der Waals surface area contributed by atoms with Gasteiger partial charge in [-0.2, -0.15) is 0 Å². The number of nitrogens with one attached hydrogen (secondary N) is 1. The molecule has 1 saturated carbocycles. The smallest absolute Gasteiger partial charge is 0.216 e. The zero-order valence-corrected chi connectivity index (χ0v) is 13.2. The molecule has 0 atom stereocenters. The van der Waals surface area contributed by atoms with Crippen molar-refractivity contribution in [1.82, 2.24) is 15.5 Å². The summed E-state index contributed by atoms with van der Waals surface area (Å²) in [5, 5.41) is 11.8. The average Bonchev–Trinajstić information content (AvgIpc) is 3.02. The van der Waals surface area contributed by atoms with Crippen molar-refractivity contribution >= 4 is 0 Å². The third-order valence-corrected chi connectivity index (χ3v) is 3.97. The van der Waals surface area contributed by atoms with E-state index >= 15 is 0 Å². The van der Waals surface area contributed by atoms with E-state index in [2.05, 4.69) is 36.3 Å². The Labute approximate surface area is 122 Å². The molecular formula is C16H29N3O. The molecule has 20 heavy (non-hydrogen) atoms. The van der Waals surface area contributed by atoms with Gasteiger partial charge < -0.3 is 9.73 Å². The first kappa shape index (κ1) is 15.5. The second-order valence-electron chi connectivity index (χ2n) is 7.06. The lowest BCUT2D eigenvalue weighted by atomic mass is 10.0. The van der Waals surface area contributed by atoms with Crippen molar-refractivity contribution in [2.45, 2.75) is 77.7 Å². The third-order valence-electron chi connectivity index (χ3n) is 3.97. The minimum atomic E-state index is 0.182. The van der Waals surface area contributed by atoms with Crippen molar-refractivity contribution < 1.29 is 4.42 Å². The fraction of sp³-hybridized carbons (Fsp3) is 0.875. The van der Waals surface area contributed by atoms with E-state index in [1.165, 1.54) is 32.1 Å². The zero-order valence-electron chi connectivity index (χ0n) is 13.2. The van der Waals surface area contributed by atoms with Crippen molar-refractivity contribution in [2.75, 3.05) is 6.54 Å². The van der Waals surface area contributed by atoms with Gasteiger partial charge in [-0.25, -0.2) is 0 Å². The van der Waals surface area contributed by atoms with Crippen LogP contribution in [0.25, 0.3) is 0 Å². The van der Waals surface area contributed by atoms with E-state index in [0.29, 0.717) is 0 Å². The van der Waals surface area contributed by atoms with Gasteiger partial charge in [-0.3, -0.25) is 0 Å². The Kier molecular flexibility index (Phi) is 5.58. The minimum absolute atomic E-state index is 0.182. The molecule has 114 valence electrons. The lowest BCUT2D eigenvalue weighted by molar-refractivity contribution is 0.396. The summed E-state index contributed by atoms with van der Waals surface area (Å²) >= 11 is 0. The lowest BCUT2D eigenvalue weighted by Gasteiger charge is -2.19. The first-order valence-electron chi connectivity index (χ1n) is 8.09. The number of aryl methyl sites for hydroxylation is 2. The normalized spacial score (nSPS) is 16.9. The highest BCUT2D eigenvalue weighted by Crippen LogP contribution is 2.28. The van der Waals surface area contributed by atoms with Gasteiger partial charge in [0.05, 0.1) is 0 Å². The van der Waals surface area contributed by atoms with Crippen LogP contribution in [0.3, 0.4) is 0 Å². The molecule has 4 heteroatoms. The van der Waals surface area contributed by atoms with Gasteiger partial charge >= 0.3 is 0 Å². The van der Waals surface area contributed by atoms with E-state index in [4.69, 9.17) is 4.42 Å². The number of hydrogen-bond acceptors (Lipinski definition) is 4. The monoisotopic (exact) mass is 279 g/mol. The standard InChI is InChI=1S/C16H29N3O/c1-16(2,3)17-12-6-9-14-18-19-15(20-14)11-10-13-7-4-5-8-13/h13,17H,4-12H2,1-3H3.